The first-order chi connectivity index (χ1) is 11.9. The van der Waals surface area contributed by atoms with Gasteiger partial charge in [0.15, 0.2) is 6.61 Å². The zero-order valence-corrected chi connectivity index (χ0v) is 15.3. The van der Waals surface area contributed by atoms with E-state index in [4.69, 9.17) is 16.3 Å². The molecule has 1 aromatic carbocycles. The molecule has 2 amide bonds. The van der Waals surface area contributed by atoms with Crippen LogP contribution in [0.4, 0.5) is 0 Å². The van der Waals surface area contributed by atoms with Crippen LogP contribution in [0.2, 0.25) is 5.02 Å². The Morgan fingerprint density at radius 1 is 1.08 bits per heavy atom. The third kappa shape index (κ3) is 4.86. The minimum Gasteiger partial charge on any atom is -0.484 e. The number of nitrogens with zero attached hydrogens (tertiary/aromatic N) is 1. The summed E-state index contributed by atoms with van der Waals surface area (Å²) in [4.78, 5) is 25.9. The first-order valence-electron chi connectivity index (χ1n) is 8.54. The lowest BCUT2D eigenvalue weighted by molar-refractivity contribution is -0.124. The summed E-state index contributed by atoms with van der Waals surface area (Å²) in [5.41, 5.74) is 0. The summed E-state index contributed by atoms with van der Waals surface area (Å²) in [5.74, 6) is 1.49. The molecule has 6 nitrogen and oxygen atoms in total. The van der Waals surface area contributed by atoms with Crippen molar-refractivity contribution in [2.75, 3.05) is 27.2 Å². The van der Waals surface area contributed by atoms with Crippen molar-refractivity contribution >= 4 is 23.4 Å². The van der Waals surface area contributed by atoms with Crippen LogP contribution in [0.15, 0.2) is 24.3 Å². The molecule has 136 valence electrons. The lowest BCUT2D eigenvalue weighted by atomic mass is 10.1. The Kier molecular flexibility index (Phi) is 5.49. The van der Waals surface area contributed by atoms with Crippen molar-refractivity contribution in [2.24, 2.45) is 11.8 Å². The van der Waals surface area contributed by atoms with Crippen molar-refractivity contribution in [1.29, 1.82) is 0 Å². The fourth-order valence-electron chi connectivity index (χ4n) is 3.58. The molecule has 3 rings (SSSR count). The summed E-state index contributed by atoms with van der Waals surface area (Å²) in [6.45, 7) is 0.368. The minimum absolute atomic E-state index is 0.0207. The fourth-order valence-corrected chi connectivity index (χ4v) is 3.71. The van der Waals surface area contributed by atoms with Gasteiger partial charge in [-0.05, 0) is 63.0 Å². The van der Waals surface area contributed by atoms with E-state index in [2.05, 4.69) is 10.6 Å². The molecular formula is C18H24ClN3O3. The molecule has 0 bridgehead atoms. The Bertz CT molecular complexity index is 635. The van der Waals surface area contributed by atoms with Crippen LogP contribution in [0.3, 0.4) is 0 Å². The van der Waals surface area contributed by atoms with Crippen molar-refractivity contribution in [3.8, 4) is 5.75 Å². The number of carbonyl (C=O) groups is 2. The molecule has 2 aliphatic carbocycles. The molecule has 0 spiro atoms. The van der Waals surface area contributed by atoms with Crippen LogP contribution >= 0.6 is 11.6 Å². The zero-order chi connectivity index (χ0) is 18.0. The number of amides is 2. The molecule has 0 aliphatic heterocycles. The molecule has 2 fully saturated rings. The van der Waals surface area contributed by atoms with Crippen molar-refractivity contribution in [2.45, 2.75) is 24.9 Å². The summed E-state index contributed by atoms with van der Waals surface area (Å²) in [5, 5.41) is 6.77. The van der Waals surface area contributed by atoms with Gasteiger partial charge in [-0.2, -0.15) is 0 Å². The molecule has 0 radical (unpaired) electrons. The van der Waals surface area contributed by atoms with Gasteiger partial charge in [0, 0.05) is 17.1 Å². The molecule has 2 N–H and O–H groups in total. The Morgan fingerprint density at radius 3 is 2.28 bits per heavy atom. The largest absolute Gasteiger partial charge is 0.484 e. The van der Waals surface area contributed by atoms with E-state index in [9.17, 15) is 9.59 Å². The van der Waals surface area contributed by atoms with Gasteiger partial charge in [-0.3, -0.25) is 9.59 Å². The standard InChI is InChI=1S/C18H24ClN3O3/c1-22(2)9-17(23)20-15-8-16(14-7-13(14)15)21-18(24)10-25-12-5-3-11(19)4-6-12/h3-6,13-16H,7-10H2,1-2H3,(H,20,23)(H,21,24)/t13?,14?,15-,16?/m1/s1. The van der Waals surface area contributed by atoms with E-state index in [1.165, 1.54) is 0 Å². The third-order valence-electron chi connectivity index (χ3n) is 4.77. The number of rotatable bonds is 7. The molecule has 2 aliphatic rings. The topological polar surface area (TPSA) is 70.7 Å². The second-order valence-electron chi connectivity index (χ2n) is 7.13. The highest BCUT2D eigenvalue weighted by Gasteiger charge is 2.55. The summed E-state index contributed by atoms with van der Waals surface area (Å²) in [7, 11) is 3.75. The number of nitrogens with one attached hydrogen (secondary N) is 2. The summed E-state index contributed by atoms with van der Waals surface area (Å²) < 4.78 is 5.47. The maximum atomic E-state index is 12.1. The minimum atomic E-state index is -0.133. The Balaban J connectivity index is 1.42. The molecule has 0 heterocycles. The van der Waals surface area contributed by atoms with Crippen LogP contribution in [0.5, 0.6) is 5.75 Å². The second kappa shape index (κ2) is 7.62. The van der Waals surface area contributed by atoms with Crippen LogP contribution in [-0.2, 0) is 9.59 Å². The number of ether oxygens (including phenoxy) is 1. The number of hydrogen-bond acceptors (Lipinski definition) is 4. The third-order valence-corrected chi connectivity index (χ3v) is 5.02. The first kappa shape index (κ1) is 18.0. The maximum Gasteiger partial charge on any atom is 0.258 e. The van der Waals surface area contributed by atoms with E-state index in [0.717, 1.165) is 12.8 Å². The summed E-state index contributed by atoms with van der Waals surface area (Å²) >= 11 is 5.82. The number of likely N-dealkylation sites (N-methyl/N-ethyl adjacent to an activating group) is 1. The normalized spacial score (nSPS) is 26.9. The lowest BCUT2D eigenvalue weighted by Gasteiger charge is -2.20. The van der Waals surface area contributed by atoms with E-state index in [1.54, 1.807) is 24.3 Å². The van der Waals surface area contributed by atoms with Crippen molar-refractivity contribution in [3.05, 3.63) is 29.3 Å². The Morgan fingerprint density at radius 2 is 1.68 bits per heavy atom. The van der Waals surface area contributed by atoms with Crippen LogP contribution in [0, 0.1) is 11.8 Å². The second-order valence-corrected chi connectivity index (χ2v) is 7.56. The van der Waals surface area contributed by atoms with Crippen LogP contribution < -0.4 is 15.4 Å². The molecule has 0 aromatic heterocycles. The van der Waals surface area contributed by atoms with Gasteiger partial charge in [0.25, 0.3) is 5.91 Å². The van der Waals surface area contributed by atoms with Crippen LogP contribution in [0.25, 0.3) is 0 Å². The first-order valence-corrected chi connectivity index (χ1v) is 8.92. The van der Waals surface area contributed by atoms with Crippen LogP contribution in [0.1, 0.15) is 12.8 Å². The maximum absolute atomic E-state index is 12.1. The molecule has 7 heteroatoms. The molecule has 3 unspecified atom stereocenters. The van der Waals surface area contributed by atoms with Gasteiger partial charge in [-0.1, -0.05) is 11.6 Å². The van der Waals surface area contributed by atoms with Crippen molar-refractivity contribution in [3.63, 3.8) is 0 Å². The van der Waals surface area contributed by atoms with Crippen molar-refractivity contribution in [1.82, 2.24) is 15.5 Å². The average molecular weight is 366 g/mol. The lowest BCUT2D eigenvalue weighted by Crippen LogP contribution is -2.43. The van der Waals surface area contributed by atoms with Gasteiger partial charge in [0.05, 0.1) is 6.54 Å². The van der Waals surface area contributed by atoms with E-state index in [1.807, 2.05) is 19.0 Å². The SMILES string of the molecule is CN(C)CC(=O)N[C@@H]1CC(NC(=O)COc2ccc(Cl)cc2)C2CC21. The van der Waals surface area contributed by atoms with E-state index in [0.29, 0.717) is 29.2 Å². The number of hydrogen-bond donors (Lipinski definition) is 2. The highest BCUT2D eigenvalue weighted by Crippen LogP contribution is 2.51. The van der Waals surface area contributed by atoms with E-state index >= 15 is 0 Å². The van der Waals surface area contributed by atoms with Gasteiger partial charge in [-0.15, -0.1) is 0 Å². The Labute approximate surface area is 152 Å². The average Bonchev–Trinajstić information content (AvgIpc) is 3.27. The fraction of sp³-hybridized carbons (Fsp3) is 0.556. The molecule has 4 atom stereocenters. The van der Waals surface area contributed by atoms with Gasteiger partial charge in [0.2, 0.25) is 5.91 Å². The molecule has 2 saturated carbocycles. The van der Waals surface area contributed by atoms with E-state index in [-0.39, 0.29) is 30.5 Å². The monoisotopic (exact) mass is 365 g/mol. The number of carbonyl (C=O) groups excluding carboxylic acids is 2. The van der Waals surface area contributed by atoms with Gasteiger partial charge in [-0.25, -0.2) is 0 Å². The van der Waals surface area contributed by atoms with E-state index < -0.39 is 0 Å². The molecule has 0 saturated heterocycles. The Hall–Kier alpha value is -1.79. The highest BCUT2D eigenvalue weighted by molar-refractivity contribution is 6.30. The number of halogens is 1. The molecule has 25 heavy (non-hydrogen) atoms. The molecule has 1 aromatic rings. The smallest absolute Gasteiger partial charge is 0.258 e. The number of benzene rings is 1. The van der Waals surface area contributed by atoms with Crippen molar-refractivity contribution < 1.29 is 14.3 Å². The predicted molar refractivity (Wildman–Crippen MR) is 95.6 cm³/mol. The van der Waals surface area contributed by atoms with Gasteiger partial charge in [0.1, 0.15) is 5.75 Å². The van der Waals surface area contributed by atoms with Gasteiger partial charge < -0.3 is 20.3 Å². The number of fused-ring (bicyclic) bond motifs is 1. The summed E-state index contributed by atoms with van der Waals surface area (Å²) in [6.07, 6.45) is 1.86. The summed E-state index contributed by atoms with van der Waals surface area (Å²) in [6, 6.07) is 7.20. The van der Waals surface area contributed by atoms with Crippen LogP contribution in [-0.4, -0.2) is 56.0 Å². The quantitative estimate of drug-likeness (QED) is 0.764. The predicted octanol–water partition coefficient (Wildman–Crippen LogP) is 1.29. The zero-order valence-electron chi connectivity index (χ0n) is 14.5. The highest BCUT2D eigenvalue weighted by atomic mass is 35.5. The molecular weight excluding hydrogens is 342 g/mol. The van der Waals surface area contributed by atoms with Gasteiger partial charge >= 0.3 is 0 Å².